The summed E-state index contributed by atoms with van der Waals surface area (Å²) in [4.78, 5) is 0. The fraction of sp³-hybridized carbons (Fsp3) is 0.600. The van der Waals surface area contributed by atoms with Crippen LogP contribution in [0.15, 0.2) is 12.1 Å². The van der Waals surface area contributed by atoms with E-state index in [4.69, 9.17) is 24.7 Å². The maximum absolute atomic E-state index is 6.46. The molecule has 1 fully saturated rings. The first-order valence-corrected chi connectivity index (χ1v) is 6.84. The minimum absolute atomic E-state index is 0. The highest BCUT2D eigenvalue weighted by molar-refractivity contribution is 5.85. The van der Waals surface area contributed by atoms with E-state index in [-0.39, 0.29) is 18.4 Å². The minimum Gasteiger partial charge on any atom is -0.496 e. The Morgan fingerprint density at radius 3 is 2.00 bits per heavy atom. The van der Waals surface area contributed by atoms with E-state index in [1.165, 1.54) is 0 Å². The third kappa shape index (κ3) is 3.93. The molecule has 5 nitrogen and oxygen atoms in total. The molecule has 0 bridgehead atoms. The molecule has 0 aliphatic carbocycles. The SMILES string of the molecule is COc1cc(OC)c([C@H](N)C2CCOCC2)c(OC)c1.Cl. The van der Waals surface area contributed by atoms with E-state index in [2.05, 4.69) is 0 Å². The van der Waals surface area contributed by atoms with Crippen molar-refractivity contribution in [2.45, 2.75) is 18.9 Å². The molecule has 2 N–H and O–H groups in total. The molecule has 1 heterocycles. The number of halogens is 1. The van der Waals surface area contributed by atoms with Crippen molar-refractivity contribution >= 4 is 12.4 Å². The third-order valence-corrected chi connectivity index (χ3v) is 3.86. The lowest BCUT2D eigenvalue weighted by Crippen LogP contribution is -2.28. The van der Waals surface area contributed by atoms with Crippen LogP contribution in [-0.2, 0) is 4.74 Å². The van der Waals surface area contributed by atoms with E-state index in [1.54, 1.807) is 21.3 Å². The second kappa shape index (κ2) is 8.32. The molecule has 1 aliphatic heterocycles. The van der Waals surface area contributed by atoms with Crippen molar-refractivity contribution < 1.29 is 18.9 Å². The van der Waals surface area contributed by atoms with Gasteiger partial charge in [0.05, 0.1) is 26.9 Å². The lowest BCUT2D eigenvalue weighted by atomic mass is 9.87. The Labute approximate surface area is 132 Å². The molecule has 1 aliphatic rings. The van der Waals surface area contributed by atoms with Gasteiger partial charge in [-0.05, 0) is 18.8 Å². The van der Waals surface area contributed by atoms with E-state index in [0.717, 1.165) is 31.6 Å². The van der Waals surface area contributed by atoms with Gasteiger partial charge in [-0.15, -0.1) is 12.4 Å². The molecule has 6 heteroatoms. The molecule has 0 unspecified atom stereocenters. The van der Waals surface area contributed by atoms with Gasteiger partial charge in [0.15, 0.2) is 0 Å². The molecular weight excluding hydrogens is 294 g/mol. The maximum Gasteiger partial charge on any atom is 0.131 e. The van der Waals surface area contributed by atoms with Crippen LogP contribution < -0.4 is 19.9 Å². The first-order valence-electron chi connectivity index (χ1n) is 6.84. The number of hydrogen-bond acceptors (Lipinski definition) is 5. The fourth-order valence-corrected chi connectivity index (χ4v) is 2.67. The van der Waals surface area contributed by atoms with E-state index >= 15 is 0 Å². The number of nitrogens with two attached hydrogens (primary N) is 1. The molecule has 0 radical (unpaired) electrons. The third-order valence-electron chi connectivity index (χ3n) is 3.86. The van der Waals surface area contributed by atoms with Gasteiger partial charge >= 0.3 is 0 Å². The largest absolute Gasteiger partial charge is 0.496 e. The zero-order valence-electron chi connectivity index (χ0n) is 12.8. The van der Waals surface area contributed by atoms with Gasteiger partial charge in [-0.3, -0.25) is 0 Å². The van der Waals surface area contributed by atoms with Crippen LogP contribution in [0.25, 0.3) is 0 Å². The number of methoxy groups -OCH3 is 3. The van der Waals surface area contributed by atoms with E-state index in [9.17, 15) is 0 Å². The molecule has 1 saturated heterocycles. The lowest BCUT2D eigenvalue weighted by molar-refractivity contribution is 0.0578. The summed E-state index contributed by atoms with van der Waals surface area (Å²) >= 11 is 0. The number of ether oxygens (including phenoxy) is 4. The van der Waals surface area contributed by atoms with Gasteiger partial charge in [0.2, 0.25) is 0 Å². The van der Waals surface area contributed by atoms with Crippen LogP contribution in [0.4, 0.5) is 0 Å². The number of benzene rings is 1. The van der Waals surface area contributed by atoms with Crippen LogP contribution in [0, 0.1) is 5.92 Å². The van der Waals surface area contributed by atoms with Crippen molar-refractivity contribution in [3.05, 3.63) is 17.7 Å². The summed E-state index contributed by atoms with van der Waals surface area (Å²) in [5.41, 5.74) is 7.36. The first-order chi connectivity index (χ1) is 9.71. The zero-order chi connectivity index (χ0) is 14.5. The van der Waals surface area contributed by atoms with Crippen molar-refractivity contribution in [2.24, 2.45) is 11.7 Å². The van der Waals surface area contributed by atoms with Crippen molar-refractivity contribution in [1.82, 2.24) is 0 Å². The molecule has 21 heavy (non-hydrogen) atoms. The molecule has 0 amide bonds. The van der Waals surface area contributed by atoms with Gasteiger partial charge < -0.3 is 24.7 Å². The normalized spacial score (nSPS) is 16.8. The molecule has 1 atom stereocenters. The van der Waals surface area contributed by atoms with Crippen LogP contribution >= 0.6 is 12.4 Å². The molecular formula is C15H24ClNO4. The van der Waals surface area contributed by atoms with Crippen molar-refractivity contribution in [3.63, 3.8) is 0 Å². The second-order valence-corrected chi connectivity index (χ2v) is 4.92. The maximum atomic E-state index is 6.46. The quantitative estimate of drug-likeness (QED) is 0.904. The van der Waals surface area contributed by atoms with E-state index in [1.807, 2.05) is 12.1 Å². The van der Waals surface area contributed by atoms with Gasteiger partial charge in [-0.1, -0.05) is 0 Å². The topological polar surface area (TPSA) is 62.9 Å². The highest BCUT2D eigenvalue weighted by atomic mass is 35.5. The standard InChI is InChI=1S/C15H23NO4.ClH/c1-17-11-8-12(18-2)14(13(9-11)19-3)15(16)10-4-6-20-7-5-10;/h8-10,15H,4-7,16H2,1-3H3;1H/t15-;/m1./s1. The van der Waals surface area contributed by atoms with Gasteiger partial charge in [-0.2, -0.15) is 0 Å². The smallest absolute Gasteiger partial charge is 0.131 e. The predicted molar refractivity (Wildman–Crippen MR) is 83.8 cm³/mol. The van der Waals surface area contributed by atoms with Crippen LogP contribution in [0.1, 0.15) is 24.4 Å². The second-order valence-electron chi connectivity index (χ2n) is 4.92. The lowest BCUT2D eigenvalue weighted by Gasteiger charge is -2.29. The average molecular weight is 318 g/mol. The Morgan fingerprint density at radius 2 is 1.57 bits per heavy atom. The Bertz CT molecular complexity index is 424. The van der Waals surface area contributed by atoms with Gasteiger partial charge in [0, 0.05) is 31.4 Å². The first kappa shape index (κ1) is 17.9. The number of hydrogen-bond donors (Lipinski definition) is 1. The molecule has 1 aromatic rings. The summed E-state index contributed by atoms with van der Waals surface area (Å²) < 4.78 is 21.6. The molecule has 120 valence electrons. The van der Waals surface area contributed by atoms with Crippen molar-refractivity contribution in [2.75, 3.05) is 34.5 Å². The highest BCUT2D eigenvalue weighted by Gasteiger charge is 2.28. The Morgan fingerprint density at radius 1 is 1.05 bits per heavy atom. The van der Waals surface area contributed by atoms with Crippen molar-refractivity contribution in [3.8, 4) is 17.2 Å². The predicted octanol–water partition coefficient (Wildman–Crippen LogP) is 2.56. The van der Waals surface area contributed by atoms with Crippen LogP contribution in [0.5, 0.6) is 17.2 Å². The summed E-state index contributed by atoms with van der Waals surface area (Å²) in [5, 5.41) is 0. The van der Waals surface area contributed by atoms with E-state index in [0.29, 0.717) is 23.2 Å². The van der Waals surface area contributed by atoms with Crippen LogP contribution in [-0.4, -0.2) is 34.5 Å². The Balaban J connectivity index is 0.00000220. The Hall–Kier alpha value is -1.17. The van der Waals surface area contributed by atoms with Crippen LogP contribution in [0.2, 0.25) is 0 Å². The molecule has 0 spiro atoms. The summed E-state index contributed by atoms with van der Waals surface area (Å²) in [5.74, 6) is 2.49. The van der Waals surface area contributed by atoms with Gasteiger partial charge in [-0.25, -0.2) is 0 Å². The number of rotatable bonds is 5. The monoisotopic (exact) mass is 317 g/mol. The summed E-state index contributed by atoms with van der Waals surface area (Å²) in [6.45, 7) is 1.53. The summed E-state index contributed by atoms with van der Waals surface area (Å²) in [6, 6.07) is 3.56. The summed E-state index contributed by atoms with van der Waals surface area (Å²) in [7, 11) is 4.88. The van der Waals surface area contributed by atoms with Gasteiger partial charge in [0.1, 0.15) is 17.2 Å². The van der Waals surface area contributed by atoms with Crippen LogP contribution in [0.3, 0.4) is 0 Å². The molecule has 2 rings (SSSR count). The summed E-state index contributed by atoms with van der Waals surface area (Å²) in [6.07, 6.45) is 1.92. The molecule has 1 aromatic carbocycles. The van der Waals surface area contributed by atoms with Gasteiger partial charge in [0.25, 0.3) is 0 Å². The fourth-order valence-electron chi connectivity index (χ4n) is 2.67. The Kier molecular flexibility index (Phi) is 7.08. The molecule has 0 aromatic heterocycles. The van der Waals surface area contributed by atoms with E-state index < -0.39 is 0 Å². The average Bonchev–Trinajstić information content (AvgIpc) is 2.53. The highest BCUT2D eigenvalue weighted by Crippen LogP contribution is 2.41. The molecule has 0 saturated carbocycles. The minimum atomic E-state index is -0.130. The van der Waals surface area contributed by atoms with Crippen molar-refractivity contribution in [1.29, 1.82) is 0 Å². The zero-order valence-corrected chi connectivity index (χ0v) is 13.6.